The first-order valence-corrected chi connectivity index (χ1v) is 9.57. The summed E-state index contributed by atoms with van der Waals surface area (Å²) in [4.78, 5) is 12.7. The van der Waals surface area contributed by atoms with Crippen molar-refractivity contribution >= 4 is 23.2 Å². The predicted molar refractivity (Wildman–Crippen MR) is 108 cm³/mol. The van der Waals surface area contributed by atoms with Gasteiger partial charge in [0.15, 0.2) is 23.0 Å². The third-order valence-electron chi connectivity index (χ3n) is 4.26. The summed E-state index contributed by atoms with van der Waals surface area (Å²) in [5.41, 5.74) is 0.881. The molecule has 0 fully saturated rings. The molecule has 1 N–H and O–H groups in total. The van der Waals surface area contributed by atoms with Gasteiger partial charge in [0, 0.05) is 17.7 Å². The average molecular weight is 406 g/mol. The Balaban J connectivity index is 1.74. The molecule has 28 heavy (non-hydrogen) atoms. The van der Waals surface area contributed by atoms with Crippen LogP contribution in [-0.4, -0.2) is 32.8 Å². The molecule has 0 saturated carbocycles. The van der Waals surface area contributed by atoms with E-state index in [1.807, 2.05) is 0 Å². The third kappa shape index (κ3) is 4.81. The van der Waals surface area contributed by atoms with E-state index in [9.17, 15) is 4.79 Å². The molecule has 1 amide bonds. The van der Waals surface area contributed by atoms with E-state index in [0.717, 1.165) is 6.42 Å². The van der Waals surface area contributed by atoms with E-state index in [0.29, 0.717) is 65.0 Å². The van der Waals surface area contributed by atoms with Crippen molar-refractivity contribution in [3.8, 4) is 23.0 Å². The fraction of sp³-hybridized carbons (Fsp3) is 0.381. The van der Waals surface area contributed by atoms with Crippen LogP contribution in [0.4, 0.5) is 5.69 Å². The minimum atomic E-state index is -0.314. The molecule has 1 heterocycles. The molecule has 0 radical (unpaired) electrons. The van der Waals surface area contributed by atoms with Gasteiger partial charge in [-0.15, -0.1) is 0 Å². The van der Waals surface area contributed by atoms with Crippen LogP contribution in [0, 0.1) is 5.92 Å². The van der Waals surface area contributed by atoms with E-state index in [-0.39, 0.29) is 5.91 Å². The van der Waals surface area contributed by atoms with Crippen LogP contribution in [0.3, 0.4) is 0 Å². The lowest BCUT2D eigenvalue weighted by atomic mass is 10.1. The maximum atomic E-state index is 12.7. The van der Waals surface area contributed by atoms with Crippen LogP contribution >= 0.6 is 11.6 Å². The quantitative estimate of drug-likeness (QED) is 0.716. The number of fused-ring (bicyclic) bond motifs is 1. The minimum absolute atomic E-state index is 0.314. The van der Waals surface area contributed by atoms with Crippen molar-refractivity contribution in [2.45, 2.75) is 20.3 Å². The number of ether oxygens (including phenoxy) is 4. The number of rotatable bonds is 7. The van der Waals surface area contributed by atoms with E-state index >= 15 is 0 Å². The summed E-state index contributed by atoms with van der Waals surface area (Å²) < 4.78 is 22.2. The van der Waals surface area contributed by atoms with Gasteiger partial charge in [0.2, 0.25) is 0 Å². The molecule has 7 heteroatoms. The van der Waals surface area contributed by atoms with Crippen molar-refractivity contribution in [3.05, 3.63) is 40.9 Å². The fourth-order valence-electron chi connectivity index (χ4n) is 2.69. The molecule has 0 atom stereocenters. The van der Waals surface area contributed by atoms with Crippen LogP contribution in [0.2, 0.25) is 5.02 Å². The van der Waals surface area contributed by atoms with Crippen molar-refractivity contribution in [1.82, 2.24) is 0 Å². The second-order valence-electron chi connectivity index (χ2n) is 6.83. The molecule has 0 saturated heterocycles. The van der Waals surface area contributed by atoms with Gasteiger partial charge in [-0.05, 0) is 30.5 Å². The molecule has 0 bridgehead atoms. The number of carbonyl (C=O) groups excluding carboxylic acids is 1. The zero-order chi connectivity index (χ0) is 20.1. The first-order valence-electron chi connectivity index (χ1n) is 9.19. The van der Waals surface area contributed by atoms with Crippen LogP contribution in [0.15, 0.2) is 30.3 Å². The Bertz CT molecular complexity index is 853. The first-order chi connectivity index (χ1) is 13.5. The number of hydrogen-bond acceptors (Lipinski definition) is 5. The van der Waals surface area contributed by atoms with Crippen molar-refractivity contribution in [2.75, 3.05) is 32.2 Å². The van der Waals surface area contributed by atoms with Crippen molar-refractivity contribution in [3.63, 3.8) is 0 Å². The second-order valence-corrected chi connectivity index (χ2v) is 7.23. The summed E-state index contributed by atoms with van der Waals surface area (Å²) in [5.74, 6) is 2.47. The lowest BCUT2D eigenvalue weighted by Gasteiger charge is -2.20. The summed E-state index contributed by atoms with van der Waals surface area (Å²) in [5, 5.41) is 3.18. The van der Waals surface area contributed by atoms with Gasteiger partial charge in [0.1, 0.15) is 13.2 Å². The Morgan fingerprint density at radius 2 is 1.86 bits per heavy atom. The topological polar surface area (TPSA) is 66.0 Å². The Kier molecular flexibility index (Phi) is 6.52. The van der Waals surface area contributed by atoms with Crippen molar-refractivity contribution in [1.29, 1.82) is 0 Å². The molecule has 2 aromatic rings. The predicted octanol–water partition coefficient (Wildman–Crippen LogP) is 4.80. The molecule has 0 aromatic heterocycles. The number of amides is 1. The minimum Gasteiger partial charge on any atom is -0.493 e. The van der Waals surface area contributed by atoms with Crippen LogP contribution < -0.4 is 24.3 Å². The Morgan fingerprint density at radius 3 is 2.54 bits per heavy atom. The molecule has 0 unspecified atom stereocenters. The number of anilines is 1. The van der Waals surface area contributed by atoms with Gasteiger partial charge >= 0.3 is 0 Å². The first kappa shape index (κ1) is 20.1. The fourth-order valence-corrected chi connectivity index (χ4v) is 2.89. The number of benzene rings is 2. The van der Waals surface area contributed by atoms with Gasteiger partial charge in [-0.1, -0.05) is 25.4 Å². The molecule has 150 valence electrons. The smallest absolute Gasteiger partial charge is 0.255 e. The molecule has 2 aromatic carbocycles. The average Bonchev–Trinajstić information content (AvgIpc) is 2.68. The van der Waals surface area contributed by atoms with Gasteiger partial charge in [-0.25, -0.2) is 0 Å². The molecule has 0 spiro atoms. The van der Waals surface area contributed by atoms with Gasteiger partial charge in [0.05, 0.1) is 24.4 Å². The molecule has 1 aliphatic heterocycles. The molecule has 1 aliphatic rings. The highest BCUT2D eigenvalue weighted by Crippen LogP contribution is 2.38. The highest BCUT2D eigenvalue weighted by molar-refractivity contribution is 6.34. The van der Waals surface area contributed by atoms with Crippen LogP contribution in [0.1, 0.15) is 30.6 Å². The van der Waals surface area contributed by atoms with Crippen molar-refractivity contribution in [2.24, 2.45) is 5.92 Å². The third-order valence-corrected chi connectivity index (χ3v) is 4.57. The number of nitrogens with one attached hydrogen (secondary N) is 1. The van der Waals surface area contributed by atoms with Gasteiger partial charge in [-0.3, -0.25) is 4.79 Å². The highest BCUT2D eigenvalue weighted by Gasteiger charge is 2.18. The normalized spacial score (nSPS) is 12.6. The summed E-state index contributed by atoms with van der Waals surface area (Å²) in [6, 6.07) is 8.37. The summed E-state index contributed by atoms with van der Waals surface area (Å²) >= 11 is 6.26. The number of methoxy groups -OCH3 is 1. The Morgan fingerprint density at radius 1 is 1.14 bits per heavy atom. The van der Waals surface area contributed by atoms with E-state index in [4.69, 9.17) is 30.5 Å². The molecule has 6 nitrogen and oxygen atoms in total. The van der Waals surface area contributed by atoms with Gasteiger partial charge < -0.3 is 24.3 Å². The standard InChI is InChI=1S/C21H24ClNO5/c1-13(2)6-7-26-17-5-4-14(10-18(17)25-3)21(24)23-16-12-20-19(11-15(16)22)27-8-9-28-20/h4-5,10-13H,6-9H2,1-3H3,(H,23,24). The molecule has 3 rings (SSSR count). The second kappa shape index (κ2) is 9.06. The largest absolute Gasteiger partial charge is 0.493 e. The lowest BCUT2D eigenvalue weighted by Crippen LogP contribution is -2.17. The number of carbonyl (C=O) groups is 1. The van der Waals surface area contributed by atoms with Crippen molar-refractivity contribution < 1.29 is 23.7 Å². The number of halogens is 1. The number of hydrogen-bond donors (Lipinski definition) is 1. The SMILES string of the molecule is COc1cc(C(=O)Nc2cc3c(cc2Cl)OCCO3)ccc1OCCC(C)C. The highest BCUT2D eigenvalue weighted by atomic mass is 35.5. The van der Waals surface area contributed by atoms with E-state index in [1.54, 1.807) is 37.4 Å². The maximum Gasteiger partial charge on any atom is 0.255 e. The summed E-state index contributed by atoms with van der Waals surface area (Å²) in [7, 11) is 1.55. The Labute approximate surface area is 169 Å². The molecule has 0 aliphatic carbocycles. The monoisotopic (exact) mass is 405 g/mol. The molecular weight excluding hydrogens is 382 g/mol. The van der Waals surface area contributed by atoms with Crippen LogP contribution in [0.25, 0.3) is 0 Å². The Hall–Kier alpha value is -2.60. The van der Waals surface area contributed by atoms with E-state index in [2.05, 4.69) is 19.2 Å². The zero-order valence-electron chi connectivity index (χ0n) is 16.2. The lowest BCUT2D eigenvalue weighted by molar-refractivity contribution is 0.102. The van der Waals surface area contributed by atoms with E-state index in [1.165, 1.54) is 0 Å². The molecular formula is C21H24ClNO5. The summed E-state index contributed by atoms with van der Waals surface area (Å²) in [6.07, 6.45) is 0.938. The summed E-state index contributed by atoms with van der Waals surface area (Å²) in [6.45, 7) is 5.79. The van der Waals surface area contributed by atoms with Crippen LogP contribution in [-0.2, 0) is 0 Å². The van der Waals surface area contributed by atoms with Crippen LogP contribution in [0.5, 0.6) is 23.0 Å². The van der Waals surface area contributed by atoms with Gasteiger partial charge in [0.25, 0.3) is 5.91 Å². The zero-order valence-corrected chi connectivity index (χ0v) is 17.0. The maximum absolute atomic E-state index is 12.7. The van der Waals surface area contributed by atoms with Gasteiger partial charge in [-0.2, -0.15) is 0 Å². The van der Waals surface area contributed by atoms with E-state index < -0.39 is 0 Å².